The summed E-state index contributed by atoms with van der Waals surface area (Å²) >= 11 is 3.56. The van der Waals surface area contributed by atoms with Gasteiger partial charge in [0, 0.05) is 49.9 Å². The molecule has 0 bridgehead atoms. The number of hydrogen-bond acceptors (Lipinski definition) is 6. The van der Waals surface area contributed by atoms with Crippen LogP contribution in [0, 0.1) is 0 Å². The van der Waals surface area contributed by atoms with E-state index in [-0.39, 0.29) is 0 Å². The topological polar surface area (TPSA) is 61.8 Å². The zero-order valence-electron chi connectivity index (χ0n) is 16.1. The van der Waals surface area contributed by atoms with E-state index in [0.29, 0.717) is 6.04 Å². The molecular formula is C19H29N5OS2. The van der Waals surface area contributed by atoms with Crippen LogP contribution in [0.2, 0.25) is 0 Å². The summed E-state index contributed by atoms with van der Waals surface area (Å²) in [5.41, 5.74) is 1.16. The first-order chi connectivity index (χ1) is 13.3. The Morgan fingerprint density at radius 1 is 1.33 bits per heavy atom. The predicted octanol–water partition coefficient (Wildman–Crippen LogP) is 2.55. The van der Waals surface area contributed by atoms with Crippen LogP contribution < -0.4 is 10.6 Å². The first-order valence-corrected chi connectivity index (χ1v) is 11.3. The van der Waals surface area contributed by atoms with Crippen molar-refractivity contribution in [3.63, 3.8) is 0 Å². The number of hydrogen-bond donors (Lipinski definition) is 2. The molecule has 0 saturated carbocycles. The molecule has 1 aliphatic rings. The zero-order chi connectivity index (χ0) is 18.9. The van der Waals surface area contributed by atoms with Crippen LogP contribution in [0.5, 0.6) is 0 Å². The SMILES string of the molecule is CCc1nc(CCNC(=NC)NCC(c2cccs2)N2CCOCC2)cs1. The normalized spacial score (nSPS) is 17.0. The van der Waals surface area contributed by atoms with Gasteiger partial charge in [-0.05, 0) is 17.9 Å². The lowest BCUT2D eigenvalue weighted by Crippen LogP contribution is -2.46. The van der Waals surface area contributed by atoms with Crippen molar-refractivity contribution in [2.45, 2.75) is 25.8 Å². The number of aryl methyl sites for hydroxylation is 1. The molecule has 148 valence electrons. The fraction of sp³-hybridized carbons (Fsp3) is 0.579. The van der Waals surface area contributed by atoms with Gasteiger partial charge in [0.15, 0.2) is 5.96 Å². The number of ether oxygens (including phenoxy) is 1. The number of rotatable bonds is 8. The maximum Gasteiger partial charge on any atom is 0.191 e. The Kier molecular flexibility index (Phi) is 8.07. The van der Waals surface area contributed by atoms with E-state index in [0.717, 1.165) is 63.9 Å². The average Bonchev–Trinajstić information content (AvgIpc) is 3.40. The highest BCUT2D eigenvalue weighted by Crippen LogP contribution is 2.25. The highest BCUT2D eigenvalue weighted by Gasteiger charge is 2.23. The Labute approximate surface area is 169 Å². The molecule has 0 aromatic carbocycles. The van der Waals surface area contributed by atoms with E-state index in [9.17, 15) is 0 Å². The van der Waals surface area contributed by atoms with Crippen LogP contribution in [-0.4, -0.2) is 62.3 Å². The number of thiazole rings is 1. The van der Waals surface area contributed by atoms with Crippen molar-refractivity contribution in [2.24, 2.45) is 4.99 Å². The van der Waals surface area contributed by atoms with Gasteiger partial charge >= 0.3 is 0 Å². The van der Waals surface area contributed by atoms with Gasteiger partial charge in [0.2, 0.25) is 0 Å². The van der Waals surface area contributed by atoms with E-state index in [1.807, 2.05) is 18.4 Å². The standard InChI is InChI=1S/C19H29N5OS2/c1-3-18-23-15(14-27-18)6-7-21-19(20-2)22-13-16(17-5-4-12-26-17)24-8-10-25-11-9-24/h4-5,12,14,16H,3,6-11,13H2,1-2H3,(H2,20,21,22). The van der Waals surface area contributed by atoms with Gasteiger partial charge in [-0.1, -0.05) is 13.0 Å². The number of thiophene rings is 1. The van der Waals surface area contributed by atoms with Gasteiger partial charge in [-0.2, -0.15) is 0 Å². The monoisotopic (exact) mass is 407 g/mol. The number of nitrogens with one attached hydrogen (secondary N) is 2. The molecule has 1 saturated heterocycles. The summed E-state index contributed by atoms with van der Waals surface area (Å²) in [5.74, 6) is 0.843. The van der Waals surface area contributed by atoms with Crippen LogP contribution in [0.25, 0.3) is 0 Å². The third-order valence-corrected chi connectivity index (χ3v) is 6.64. The van der Waals surface area contributed by atoms with E-state index in [2.05, 4.69) is 55.3 Å². The Morgan fingerprint density at radius 2 is 2.19 bits per heavy atom. The van der Waals surface area contributed by atoms with Crippen molar-refractivity contribution in [1.29, 1.82) is 0 Å². The summed E-state index contributed by atoms with van der Waals surface area (Å²) in [6.07, 6.45) is 1.92. The molecule has 6 nitrogen and oxygen atoms in total. The van der Waals surface area contributed by atoms with Crippen LogP contribution in [0.4, 0.5) is 0 Å². The zero-order valence-corrected chi connectivity index (χ0v) is 17.7. The molecule has 8 heteroatoms. The lowest BCUT2D eigenvalue weighted by atomic mass is 10.2. The second kappa shape index (κ2) is 10.8. The van der Waals surface area contributed by atoms with Gasteiger partial charge in [-0.25, -0.2) is 4.98 Å². The van der Waals surface area contributed by atoms with Crippen molar-refractivity contribution >= 4 is 28.6 Å². The van der Waals surface area contributed by atoms with Crippen molar-refractivity contribution in [1.82, 2.24) is 20.5 Å². The molecule has 1 aliphatic heterocycles. The van der Waals surface area contributed by atoms with E-state index in [1.54, 1.807) is 11.3 Å². The van der Waals surface area contributed by atoms with Crippen LogP contribution >= 0.6 is 22.7 Å². The van der Waals surface area contributed by atoms with Gasteiger partial charge < -0.3 is 15.4 Å². The van der Waals surface area contributed by atoms with Gasteiger partial charge in [0.1, 0.15) is 0 Å². The molecule has 1 fully saturated rings. The molecule has 2 aromatic heterocycles. The first-order valence-electron chi connectivity index (χ1n) is 9.53. The van der Waals surface area contributed by atoms with Gasteiger partial charge in [-0.15, -0.1) is 22.7 Å². The van der Waals surface area contributed by atoms with E-state index >= 15 is 0 Å². The highest BCUT2D eigenvalue weighted by molar-refractivity contribution is 7.10. The Bertz CT molecular complexity index is 695. The molecule has 2 N–H and O–H groups in total. The smallest absolute Gasteiger partial charge is 0.191 e. The van der Waals surface area contributed by atoms with E-state index < -0.39 is 0 Å². The van der Waals surface area contributed by atoms with E-state index in [4.69, 9.17) is 4.74 Å². The summed E-state index contributed by atoms with van der Waals surface area (Å²) in [6.45, 7) is 7.36. The Morgan fingerprint density at radius 3 is 2.85 bits per heavy atom. The summed E-state index contributed by atoms with van der Waals surface area (Å²) < 4.78 is 5.52. The van der Waals surface area contributed by atoms with Crippen molar-refractivity contribution in [3.05, 3.63) is 38.5 Å². The van der Waals surface area contributed by atoms with Crippen molar-refractivity contribution in [2.75, 3.05) is 46.4 Å². The second-order valence-electron chi connectivity index (χ2n) is 6.40. The molecule has 27 heavy (non-hydrogen) atoms. The number of nitrogens with zero attached hydrogens (tertiary/aromatic N) is 3. The van der Waals surface area contributed by atoms with Crippen LogP contribution in [0.15, 0.2) is 27.9 Å². The summed E-state index contributed by atoms with van der Waals surface area (Å²) in [6, 6.07) is 4.69. The molecule has 1 unspecified atom stereocenters. The third-order valence-electron chi connectivity index (χ3n) is 4.62. The minimum absolute atomic E-state index is 0.345. The summed E-state index contributed by atoms with van der Waals surface area (Å²) in [5, 5.41) is 12.4. The lowest BCUT2D eigenvalue weighted by Gasteiger charge is -2.34. The third kappa shape index (κ3) is 6.00. The van der Waals surface area contributed by atoms with Crippen molar-refractivity contribution in [3.8, 4) is 0 Å². The van der Waals surface area contributed by atoms with E-state index in [1.165, 1.54) is 9.88 Å². The molecule has 2 aromatic rings. The van der Waals surface area contributed by atoms with Crippen LogP contribution in [0.3, 0.4) is 0 Å². The number of morpholine rings is 1. The van der Waals surface area contributed by atoms with Gasteiger partial charge in [-0.3, -0.25) is 9.89 Å². The Balaban J connectivity index is 1.50. The Hall–Kier alpha value is -1.48. The maximum atomic E-state index is 5.52. The number of guanidine groups is 1. The van der Waals surface area contributed by atoms with Gasteiger partial charge in [0.25, 0.3) is 0 Å². The van der Waals surface area contributed by atoms with Crippen LogP contribution in [-0.2, 0) is 17.6 Å². The molecule has 0 spiro atoms. The lowest BCUT2D eigenvalue weighted by molar-refractivity contribution is 0.0177. The highest BCUT2D eigenvalue weighted by atomic mass is 32.1. The molecule has 0 radical (unpaired) electrons. The molecule has 3 rings (SSSR count). The van der Waals surface area contributed by atoms with Crippen molar-refractivity contribution < 1.29 is 4.74 Å². The molecular weight excluding hydrogens is 378 g/mol. The molecule has 0 amide bonds. The summed E-state index contributed by atoms with van der Waals surface area (Å²) in [4.78, 5) is 12.9. The maximum absolute atomic E-state index is 5.52. The fourth-order valence-electron chi connectivity index (χ4n) is 3.13. The predicted molar refractivity (Wildman–Crippen MR) is 114 cm³/mol. The number of aromatic nitrogens is 1. The minimum atomic E-state index is 0.345. The van der Waals surface area contributed by atoms with Crippen LogP contribution in [0.1, 0.15) is 28.5 Å². The molecule has 3 heterocycles. The quantitative estimate of drug-likeness (QED) is 0.520. The molecule has 0 aliphatic carbocycles. The largest absolute Gasteiger partial charge is 0.379 e. The minimum Gasteiger partial charge on any atom is -0.379 e. The fourth-order valence-corrected chi connectivity index (χ4v) is 4.77. The summed E-state index contributed by atoms with van der Waals surface area (Å²) in [7, 11) is 1.82. The number of aliphatic imine (C=N–C) groups is 1. The average molecular weight is 408 g/mol. The molecule has 1 atom stereocenters. The first kappa shape index (κ1) is 20.3. The second-order valence-corrected chi connectivity index (χ2v) is 8.32. The van der Waals surface area contributed by atoms with Gasteiger partial charge in [0.05, 0.1) is 30.0 Å².